The maximum absolute atomic E-state index is 12.9. The number of piperidine rings is 1. The summed E-state index contributed by atoms with van der Waals surface area (Å²) in [5.41, 5.74) is 3.17. The minimum absolute atomic E-state index is 0.0339. The van der Waals surface area contributed by atoms with Gasteiger partial charge in [-0.15, -0.1) is 0 Å². The van der Waals surface area contributed by atoms with Gasteiger partial charge in [0.2, 0.25) is 0 Å². The minimum Gasteiger partial charge on any atom is -0.338 e. The molecule has 0 spiro atoms. The van der Waals surface area contributed by atoms with Crippen LogP contribution < -0.4 is 5.32 Å². The molecule has 2 heterocycles. The van der Waals surface area contributed by atoms with E-state index < -0.39 is 0 Å². The molecule has 3 rings (SSSR count). The molecule has 2 aromatic rings. The molecule has 1 aromatic heterocycles. The predicted octanol–water partition coefficient (Wildman–Crippen LogP) is 3.23. The number of aromatic nitrogens is 2. The standard InChI is InChI=1S/C19H25FN4O/c1-14-12-15(2)24(22-14)18-4-3-11-23(13-18)19(25)21-10-9-16-5-7-17(20)8-6-16/h5-8,12,18H,3-4,9-11,13H2,1-2H3,(H,21,25). The highest BCUT2D eigenvalue weighted by atomic mass is 19.1. The molecule has 1 fully saturated rings. The van der Waals surface area contributed by atoms with E-state index in [1.807, 2.05) is 16.5 Å². The van der Waals surface area contributed by atoms with Crippen molar-refractivity contribution in [1.29, 1.82) is 0 Å². The summed E-state index contributed by atoms with van der Waals surface area (Å²) in [6, 6.07) is 8.67. The summed E-state index contributed by atoms with van der Waals surface area (Å²) < 4.78 is 15.0. The van der Waals surface area contributed by atoms with Crippen molar-refractivity contribution in [2.24, 2.45) is 0 Å². The Balaban J connectivity index is 1.51. The fraction of sp³-hybridized carbons (Fsp3) is 0.474. The smallest absolute Gasteiger partial charge is 0.317 e. The Morgan fingerprint density at radius 1 is 1.32 bits per heavy atom. The van der Waals surface area contributed by atoms with Crippen molar-refractivity contribution in [2.45, 2.75) is 39.2 Å². The molecule has 1 unspecified atom stereocenters. The van der Waals surface area contributed by atoms with Crippen LogP contribution in [0.3, 0.4) is 0 Å². The van der Waals surface area contributed by atoms with E-state index in [1.165, 1.54) is 12.1 Å². The van der Waals surface area contributed by atoms with Crippen LogP contribution in [-0.2, 0) is 6.42 Å². The molecule has 134 valence electrons. The van der Waals surface area contributed by atoms with Gasteiger partial charge in [0.25, 0.3) is 0 Å². The van der Waals surface area contributed by atoms with Crippen molar-refractivity contribution in [3.8, 4) is 0 Å². The number of likely N-dealkylation sites (tertiary alicyclic amines) is 1. The molecule has 0 saturated carbocycles. The van der Waals surface area contributed by atoms with Gasteiger partial charge in [-0.3, -0.25) is 4.68 Å². The highest BCUT2D eigenvalue weighted by molar-refractivity contribution is 5.74. The van der Waals surface area contributed by atoms with Crippen molar-refractivity contribution >= 4 is 6.03 Å². The molecule has 1 aromatic carbocycles. The third-order valence-electron chi connectivity index (χ3n) is 4.68. The van der Waals surface area contributed by atoms with E-state index in [-0.39, 0.29) is 17.9 Å². The molecule has 1 atom stereocenters. The molecule has 2 amide bonds. The van der Waals surface area contributed by atoms with Gasteiger partial charge in [0.05, 0.1) is 11.7 Å². The summed E-state index contributed by atoms with van der Waals surface area (Å²) in [5.74, 6) is -0.240. The first-order valence-electron chi connectivity index (χ1n) is 8.83. The topological polar surface area (TPSA) is 50.2 Å². The minimum atomic E-state index is -0.240. The summed E-state index contributed by atoms with van der Waals surface area (Å²) in [6.07, 6.45) is 2.72. The molecule has 1 saturated heterocycles. The van der Waals surface area contributed by atoms with Gasteiger partial charge >= 0.3 is 6.03 Å². The monoisotopic (exact) mass is 344 g/mol. The van der Waals surface area contributed by atoms with Crippen molar-refractivity contribution < 1.29 is 9.18 Å². The van der Waals surface area contributed by atoms with Gasteiger partial charge < -0.3 is 10.2 Å². The molecular formula is C19H25FN4O. The van der Waals surface area contributed by atoms with Crippen molar-refractivity contribution in [2.75, 3.05) is 19.6 Å². The summed E-state index contributed by atoms with van der Waals surface area (Å²) >= 11 is 0. The van der Waals surface area contributed by atoms with Crippen molar-refractivity contribution in [3.63, 3.8) is 0 Å². The molecule has 0 aliphatic carbocycles. The number of hydrogen-bond acceptors (Lipinski definition) is 2. The largest absolute Gasteiger partial charge is 0.338 e. The number of carbonyl (C=O) groups is 1. The fourth-order valence-electron chi connectivity index (χ4n) is 3.43. The number of carbonyl (C=O) groups excluding carboxylic acids is 1. The Bertz CT molecular complexity index is 726. The number of nitrogens with one attached hydrogen (secondary N) is 1. The lowest BCUT2D eigenvalue weighted by Crippen LogP contribution is -2.46. The maximum Gasteiger partial charge on any atom is 0.317 e. The summed E-state index contributed by atoms with van der Waals surface area (Å²) in [4.78, 5) is 14.3. The van der Waals surface area contributed by atoms with E-state index in [4.69, 9.17) is 0 Å². The van der Waals surface area contributed by atoms with Crippen LogP contribution in [0.2, 0.25) is 0 Å². The maximum atomic E-state index is 12.9. The van der Waals surface area contributed by atoms with Crippen LogP contribution in [0.4, 0.5) is 9.18 Å². The third kappa shape index (κ3) is 4.38. The average molecular weight is 344 g/mol. The lowest BCUT2D eigenvalue weighted by atomic mass is 10.1. The number of amides is 2. The second kappa shape index (κ2) is 7.68. The first kappa shape index (κ1) is 17.5. The number of nitrogens with zero attached hydrogens (tertiary/aromatic N) is 3. The number of rotatable bonds is 4. The molecule has 25 heavy (non-hydrogen) atoms. The first-order valence-corrected chi connectivity index (χ1v) is 8.83. The molecule has 5 nitrogen and oxygen atoms in total. The van der Waals surface area contributed by atoms with Crippen LogP contribution in [0.25, 0.3) is 0 Å². The van der Waals surface area contributed by atoms with E-state index >= 15 is 0 Å². The zero-order valence-corrected chi connectivity index (χ0v) is 14.8. The lowest BCUT2D eigenvalue weighted by Gasteiger charge is -2.33. The van der Waals surface area contributed by atoms with Gasteiger partial charge in [0.1, 0.15) is 5.82 Å². The van der Waals surface area contributed by atoms with Crippen LogP contribution in [-0.4, -0.2) is 40.3 Å². The van der Waals surface area contributed by atoms with E-state index in [9.17, 15) is 9.18 Å². The SMILES string of the molecule is Cc1cc(C)n(C2CCCN(C(=O)NCCc3ccc(F)cc3)C2)n1. The number of urea groups is 1. The molecule has 1 N–H and O–H groups in total. The van der Waals surface area contributed by atoms with Gasteiger partial charge in [-0.2, -0.15) is 5.10 Å². The highest BCUT2D eigenvalue weighted by Gasteiger charge is 2.25. The lowest BCUT2D eigenvalue weighted by molar-refractivity contribution is 0.162. The van der Waals surface area contributed by atoms with E-state index in [2.05, 4.69) is 23.4 Å². The molecule has 1 aliphatic heterocycles. The molecule has 0 bridgehead atoms. The number of benzene rings is 1. The molecule has 0 radical (unpaired) electrons. The average Bonchev–Trinajstić information content (AvgIpc) is 2.95. The normalized spacial score (nSPS) is 17.6. The Labute approximate surface area is 147 Å². The summed E-state index contributed by atoms with van der Waals surface area (Å²) in [5, 5.41) is 7.54. The quantitative estimate of drug-likeness (QED) is 0.926. The summed E-state index contributed by atoms with van der Waals surface area (Å²) in [6.45, 7) is 6.06. The fourth-order valence-corrected chi connectivity index (χ4v) is 3.43. The summed E-state index contributed by atoms with van der Waals surface area (Å²) in [7, 11) is 0. The van der Waals surface area contributed by atoms with Crippen LogP contribution in [0.1, 0.15) is 35.8 Å². The Morgan fingerprint density at radius 3 is 2.76 bits per heavy atom. The number of aryl methyl sites for hydroxylation is 2. The van der Waals surface area contributed by atoms with Gasteiger partial charge in [-0.05, 0) is 56.9 Å². The van der Waals surface area contributed by atoms with Crippen molar-refractivity contribution in [3.05, 3.63) is 53.1 Å². The van der Waals surface area contributed by atoms with Gasteiger partial charge in [0, 0.05) is 25.3 Å². The molecular weight excluding hydrogens is 319 g/mol. The number of halogens is 1. The zero-order valence-electron chi connectivity index (χ0n) is 14.8. The van der Waals surface area contributed by atoms with E-state index in [1.54, 1.807) is 12.1 Å². The predicted molar refractivity (Wildman–Crippen MR) is 95.0 cm³/mol. The van der Waals surface area contributed by atoms with Gasteiger partial charge in [-0.1, -0.05) is 12.1 Å². The van der Waals surface area contributed by atoms with Crippen LogP contribution in [0, 0.1) is 19.7 Å². The Hall–Kier alpha value is -2.37. The Morgan fingerprint density at radius 2 is 2.08 bits per heavy atom. The van der Waals surface area contributed by atoms with Crippen LogP contribution >= 0.6 is 0 Å². The first-order chi connectivity index (χ1) is 12.0. The van der Waals surface area contributed by atoms with Gasteiger partial charge in [0.15, 0.2) is 0 Å². The van der Waals surface area contributed by atoms with Crippen LogP contribution in [0.5, 0.6) is 0 Å². The second-order valence-corrected chi connectivity index (χ2v) is 6.72. The highest BCUT2D eigenvalue weighted by Crippen LogP contribution is 2.22. The molecule has 6 heteroatoms. The van der Waals surface area contributed by atoms with Crippen molar-refractivity contribution in [1.82, 2.24) is 20.0 Å². The van der Waals surface area contributed by atoms with Gasteiger partial charge in [-0.25, -0.2) is 9.18 Å². The van der Waals surface area contributed by atoms with E-state index in [0.717, 1.165) is 36.3 Å². The zero-order chi connectivity index (χ0) is 17.8. The van der Waals surface area contributed by atoms with Crippen LogP contribution in [0.15, 0.2) is 30.3 Å². The number of hydrogen-bond donors (Lipinski definition) is 1. The molecule has 1 aliphatic rings. The second-order valence-electron chi connectivity index (χ2n) is 6.72. The third-order valence-corrected chi connectivity index (χ3v) is 4.68. The van der Waals surface area contributed by atoms with E-state index in [0.29, 0.717) is 19.5 Å². The Kier molecular flexibility index (Phi) is 5.36.